The van der Waals surface area contributed by atoms with Gasteiger partial charge in [0.05, 0.1) is 23.5 Å². The minimum atomic E-state index is -1.30. The fraction of sp³-hybridized carbons (Fsp3) is 0.238. The summed E-state index contributed by atoms with van der Waals surface area (Å²) in [6.07, 6.45) is -1.30. The number of nitrogens with zero attached hydrogens (tertiary/aromatic N) is 3. The minimum absolute atomic E-state index is 0.0770. The molecule has 11 nitrogen and oxygen atoms in total. The van der Waals surface area contributed by atoms with E-state index in [0.29, 0.717) is 10.8 Å². The number of hydrogen-bond donors (Lipinski definition) is 1. The third-order valence-corrected chi connectivity index (χ3v) is 4.67. The highest BCUT2D eigenvalue weighted by atomic mass is 16.6. The molecule has 1 aromatic heterocycles. The standard InChI is InChI=1S/C21H20N4O7/c1-4-24-20(27)15-8-6-5-7-14(15)18(23-24)21(28)32-12(2)19(26)22-16-10-9-13(31-3)11-17(16)25(29)30/h5-12H,4H2,1-3H3,(H,22,26). The Morgan fingerprint density at radius 1 is 1.22 bits per heavy atom. The van der Waals surface area contributed by atoms with Gasteiger partial charge in [0.25, 0.3) is 17.2 Å². The van der Waals surface area contributed by atoms with Gasteiger partial charge in [0.15, 0.2) is 11.8 Å². The number of benzene rings is 2. The number of anilines is 1. The minimum Gasteiger partial charge on any atom is -0.496 e. The van der Waals surface area contributed by atoms with Crippen LogP contribution >= 0.6 is 0 Å². The summed E-state index contributed by atoms with van der Waals surface area (Å²) in [4.78, 5) is 48.3. The highest BCUT2D eigenvalue weighted by molar-refractivity contribution is 6.04. The average Bonchev–Trinajstić information content (AvgIpc) is 2.79. The Morgan fingerprint density at radius 2 is 1.91 bits per heavy atom. The molecule has 0 saturated carbocycles. The fourth-order valence-electron chi connectivity index (χ4n) is 3.00. The highest BCUT2D eigenvalue weighted by Crippen LogP contribution is 2.29. The normalized spacial score (nSPS) is 11.6. The van der Waals surface area contributed by atoms with Crippen LogP contribution in [0.1, 0.15) is 24.3 Å². The number of hydrogen-bond acceptors (Lipinski definition) is 8. The molecule has 1 unspecified atom stereocenters. The molecular formula is C21H20N4O7. The maximum absolute atomic E-state index is 12.8. The van der Waals surface area contributed by atoms with Crippen molar-refractivity contribution < 1.29 is 24.0 Å². The van der Waals surface area contributed by atoms with Crippen molar-refractivity contribution in [1.82, 2.24) is 9.78 Å². The van der Waals surface area contributed by atoms with E-state index in [-0.39, 0.29) is 34.9 Å². The van der Waals surface area contributed by atoms with E-state index in [4.69, 9.17) is 9.47 Å². The number of nitro groups is 1. The van der Waals surface area contributed by atoms with Gasteiger partial charge in [0.1, 0.15) is 11.4 Å². The largest absolute Gasteiger partial charge is 0.496 e. The zero-order chi connectivity index (χ0) is 23.4. The fourth-order valence-corrected chi connectivity index (χ4v) is 3.00. The van der Waals surface area contributed by atoms with Gasteiger partial charge in [-0.3, -0.25) is 19.7 Å². The lowest BCUT2D eigenvalue weighted by atomic mass is 10.1. The number of carbonyl (C=O) groups excluding carboxylic acids is 2. The van der Waals surface area contributed by atoms with Gasteiger partial charge >= 0.3 is 5.97 Å². The van der Waals surface area contributed by atoms with Crippen LogP contribution in [-0.4, -0.2) is 39.8 Å². The molecule has 0 aliphatic heterocycles. The van der Waals surface area contributed by atoms with Crippen molar-refractivity contribution >= 4 is 34.0 Å². The SMILES string of the molecule is CCn1nc(C(=O)OC(C)C(=O)Nc2ccc(OC)cc2[N+](=O)[O-])c2ccccc2c1=O. The Bertz CT molecular complexity index is 1270. The number of rotatable bonds is 7. The Hall–Kier alpha value is -4.28. The summed E-state index contributed by atoms with van der Waals surface area (Å²) in [6.45, 7) is 3.26. The number of esters is 1. The molecule has 0 bridgehead atoms. The van der Waals surface area contributed by atoms with Crippen LogP contribution in [-0.2, 0) is 16.1 Å². The molecule has 0 fully saturated rings. The predicted molar refractivity (Wildman–Crippen MR) is 115 cm³/mol. The van der Waals surface area contributed by atoms with Crippen molar-refractivity contribution in [3.05, 3.63) is 68.6 Å². The number of methoxy groups -OCH3 is 1. The summed E-state index contributed by atoms with van der Waals surface area (Å²) in [5.74, 6) is -1.44. The molecule has 166 valence electrons. The molecule has 0 aliphatic carbocycles. The number of carbonyl (C=O) groups is 2. The molecule has 1 heterocycles. The molecular weight excluding hydrogens is 420 g/mol. The average molecular weight is 440 g/mol. The van der Waals surface area contributed by atoms with Crippen LogP contribution in [0.15, 0.2) is 47.3 Å². The number of nitrogens with one attached hydrogen (secondary N) is 1. The van der Waals surface area contributed by atoms with Crippen molar-refractivity contribution in [1.29, 1.82) is 0 Å². The molecule has 0 aliphatic rings. The summed E-state index contributed by atoms with van der Waals surface area (Å²) in [6, 6.07) is 10.4. The molecule has 1 atom stereocenters. The van der Waals surface area contributed by atoms with E-state index < -0.39 is 22.9 Å². The molecule has 3 aromatic rings. The maximum atomic E-state index is 12.8. The number of aromatic nitrogens is 2. The first-order chi connectivity index (χ1) is 15.3. The van der Waals surface area contributed by atoms with E-state index in [1.54, 1.807) is 31.2 Å². The van der Waals surface area contributed by atoms with Gasteiger partial charge < -0.3 is 14.8 Å². The predicted octanol–water partition coefficient (Wildman–Crippen LogP) is 2.52. The molecule has 32 heavy (non-hydrogen) atoms. The summed E-state index contributed by atoms with van der Waals surface area (Å²) < 4.78 is 11.3. The molecule has 2 aromatic carbocycles. The third kappa shape index (κ3) is 4.41. The zero-order valence-electron chi connectivity index (χ0n) is 17.5. The van der Waals surface area contributed by atoms with Gasteiger partial charge in [-0.1, -0.05) is 18.2 Å². The van der Waals surface area contributed by atoms with E-state index in [1.165, 1.54) is 26.2 Å². The Labute approximate surface area is 181 Å². The van der Waals surface area contributed by atoms with Crippen LogP contribution in [0, 0.1) is 10.1 Å². The lowest BCUT2D eigenvalue weighted by Crippen LogP contribution is -2.32. The Balaban J connectivity index is 1.84. The van der Waals surface area contributed by atoms with Crippen LogP contribution in [0.25, 0.3) is 10.8 Å². The topological polar surface area (TPSA) is 143 Å². The van der Waals surface area contributed by atoms with Crippen molar-refractivity contribution in [2.24, 2.45) is 0 Å². The van der Waals surface area contributed by atoms with E-state index in [0.717, 1.165) is 10.7 Å². The molecule has 11 heteroatoms. The van der Waals surface area contributed by atoms with Crippen molar-refractivity contribution in [2.75, 3.05) is 12.4 Å². The Kier molecular flexibility index (Phi) is 6.47. The maximum Gasteiger partial charge on any atom is 0.360 e. The molecule has 1 N–H and O–H groups in total. The Morgan fingerprint density at radius 3 is 2.53 bits per heavy atom. The van der Waals surface area contributed by atoms with Gasteiger partial charge in [-0.2, -0.15) is 5.10 Å². The smallest absolute Gasteiger partial charge is 0.360 e. The number of amides is 1. The quantitative estimate of drug-likeness (QED) is 0.335. The van der Waals surface area contributed by atoms with Crippen molar-refractivity contribution in [2.45, 2.75) is 26.5 Å². The van der Waals surface area contributed by atoms with Crippen LogP contribution in [0.3, 0.4) is 0 Å². The van der Waals surface area contributed by atoms with Crippen molar-refractivity contribution in [3.63, 3.8) is 0 Å². The van der Waals surface area contributed by atoms with Crippen LogP contribution in [0.2, 0.25) is 0 Å². The first-order valence-corrected chi connectivity index (χ1v) is 9.61. The molecule has 1 amide bonds. The summed E-state index contributed by atoms with van der Waals surface area (Å²) in [7, 11) is 1.36. The molecule has 3 rings (SSSR count). The summed E-state index contributed by atoms with van der Waals surface area (Å²) in [5, 5.41) is 18.3. The third-order valence-electron chi connectivity index (χ3n) is 4.67. The van der Waals surface area contributed by atoms with Gasteiger partial charge in [-0.25, -0.2) is 9.48 Å². The van der Waals surface area contributed by atoms with Gasteiger partial charge in [-0.05, 0) is 32.0 Å². The number of fused-ring (bicyclic) bond motifs is 1. The van der Waals surface area contributed by atoms with Gasteiger partial charge in [0, 0.05) is 11.9 Å². The first-order valence-electron chi connectivity index (χ1n) is 9.61. The van der Waals surface area contributed by atoms with E-state index in [2.05, 4.69) is 10.4 Å². The second kappa shape index (κ2) is 9.25. The second-order valence-corrected chi connectivity index (χ2v) is 6.69. The lowest BCUT2D eigenvalue weighted by molar-refractivity contribution is -0.384. The number of nitro benzene ring substituents is 1. The van der Waals surface area contributed by atoms with Crippen LogP contribution in [0.5, 0.6) is 5.75 Å². The summed E-state index contributed by atoms with van der Waals surface area (Å²) >= 11 is 0. The number of aryl methyl sites for hydroxylation is 1. The van der Waals surface area contributed by atoms with Gasteiger partial charge in [0.2, 0.25) is 0 Å². The van der Waals surface area contributed by atoms with E-state index in [9.17, 15) is 24.5 Å². The van der Waals surface area contributed by atoms with Crippen molar-refractivity contribution in [3.8, 4) is 5.75 Å². The van der Waals surface area contributed by atoms with Crippen LogP contribution in [0.4, 0.5) is 11.4 Å². The first kappa shape index (κ1) is 22.4. The monoisotopic (exact) mass is 440 g/mol. The summed E-state index contributed by atoms with van der Waals surface area (Å²) in [5.41, 5.74) is -0.917. The van der Waals surface area contributed by atoms with Gasteiger partial charge in [-0.15, -0.1) is 0 Å². The zero-order valence-corrected chi connectivity index (χ0v) is 17.5. The molecule has 0 spiro atoms. The van der Waals surface area contributed by atoms with E-state index >= 15 is 0 Å². The molecule has 0 radical (unpaired) electrons. The van der Waals surface area contributed by atoms with Crippen LogP contribution < -0.4 is 15.6 Å². The molecule has 0 saturated heterocycles. The second-order valence-electron chi connectivity index (χ2n) is 6.69. The highest BCUT2D eigenvalue weighted by Gasteiger charge is 2.25. The lowest BCUT2D eigenvalue weighted by Gasteiger charge is -2.15. The number of ether oxygens (including phenoxy) is 2. The van der Waals surface area contributed by atoms with E-state index in [1.807, 2.05) is 0 Å².